The van der Waals surface area contributed by atoms with E-state index in [9.17, 15) is 0 Å². The lowest BCUT2D eigenvalue weighted by atomic mass is 10.2. The van der Waals surface area contributed by atoms with Crippen LogP contribution in [0.2, 0.25) is 0 Å². The zero-order chi connectivity index (χ0) is 24.2. The summed E-state index contributed by atoms with van der Waals surface area (Å²) in [6, 6.07) is 0.376. The lowest BCUT2D eigenvalue weighted by Gasteiger charge is -2.40. The standard InChI is InChI=1S/C23H36N10O/c1-15(2)13-33(17(4)32-6-5-26-16(3)14-32)22-19(24)21(31-7-9-34-10-8-31)29-20(30-22)18-11-27-23(25)28-12-18/h11-12,15-16,26H,4-10,13-14,24H2,1-3H3,(H2,25,27,28)/t16-/m1/s1. The molecule has 0 aliphatic carbocycles. The van der Waals surface area contributed by atoms with Gasteiger partial charge in [-0.1, -0.05) is 20.4 Å². The van der Waals surface area contributed by atoms with Gasteiger partial charge in [-0.2, -0.15) is 0 Å². The van der Waals surface area contributed by atoms with E-state index in [1.807, 2.05) is 0 Å². The number of ether oxygens (including phenoxy) is 1. The molecule has 11 heteroatoms. The summed E-state index contributed by atoms with van der Waals surface area (Å²) in [6.07, 6.45) is 3.28. The van der Waals surface area contributed by atoms with E-state index in [4.69, 9.17) is 26.2 Å². The van der Waals surface area contributed by atoms with Gasteiger partial charge in [0, 0.05) is 57.7 Å². The maximum atomic E-state index is 6.78. The molecule has 4 heterocycles. The summed E-state index contributed by atoms with van der Waals surface area (Å²) >= 11 is 0. The van der Waals surface area contributed by atoms with E-state index in [0.717, 1.165) is 32.0 Å². The fourth-order valence-corrected chi connectivity index (χ4v) is 4.27. The molecule has 11 nitrogen and oxygen atoms in total. The highest BCUT2D eigenvalue weighted by molar-refractivity contribution is 5.80. The summed E-state index contributed by atoms with van der Waals surface area (Å²) in [7, 11) is 0. The van der Waals surface area contributed by atoms with Crippen LogP contribution in [0.25, 0.3) is 11.4 Å². The van der Waals surface area contributed by atoms with Crippen molar-refractivity contribution in [3.8, 4) is 11.4 Å². The summed E-state index contributed by atoms with van der Waals surface area (Å²) in [5, 5.41) is 3.49. The molecule has 2 aromatic heterocycles. The lowest BCUT2D eigenvalue weighted by molar-refractivity contribution is 0.122. The third kappa shape index (κ3) is 5.31. The zero-order valence-corrected chi connectivity index (χ0v) is 20.4. The molecule has 2 aliphatic rings. The second kappa shape index (κ2) is 10.4. The number of nitrogens with two attached hydrogens (primary N) is 2. The number of nitrogens with one attached hydrogen (secondary N) is 1. The fourth-order valence-electron chi connectivity index (χ4n) is 4.27. The minimum atomic E-state index is 0.204. The van der Waals surface area contributed by atoms with Gasteiger partial charge >= 0.3 is 0 Å². The van der Waals surface area contributed by atoms with E-state index in [1.54, 1.807) is 12.4 Å². The number of rotatable bonds is 7. The van der Waals surface area contributed by atoms with Crippen molar-refractivity contribution < 1.29 is 4.74 Å². The minimum Gasteiger partial charge on any atom is -0.393 e. The molecule has 2 saturated heterocycles. The number of nitrogens with zero attached hydrogens (tertiary/aromatic N) is 7. The average Bonchev–Trinajstić information content (AvgIpc) is 2.83. The maximum Gasteiger partial charge on any atom is 0.219 e. The largest absolute Gasteiger partial charge is 0.393 e. The number of nitrogen functional groups attached to an aromatic ring is 2. The lowest BCUT2D eigenvalue weighted by Crippen LogP contribution is -2.51. The molecular weight excluding hydrogens is 432 g/mol. The smallest absolute Gasteiger partial charge is 0.219 e. The summed E-state index contributed by atoms with van der Waals surface area (Å²) < 4.78 is 5.55. The Bertz CT molecular complexity index is 990. The molecular formula is C23H36N10O. The van der Waals surface area contributed by atoms with E-state index >= 15 is 0 Å². The van der Waals surface area contributed by atoms with Crippen molar-refractivity contribution in [2.45, 2.75) is 26.8 Å². The third-order valence-corrected chi connectivity index (χ3v) is 5.99. The molecule has 0 spiro atoms. The number of hydrogen-bond acceptors (Lipinski definition) is 11. The van der Waals surface area contributed by atoms with Gasteiger partial charge in [-0.25, -0.2) is 19.9 Å². The second-order valence-electron chi connectivity index (χ2n) is 9.26. The monoisotopic (exact) mass is 468 g/mol. The molecule has 1 atom stereocenters. The predicted octanol–water partition coefficient (Wildman–Crippen LogP) is 1.16. The quantitative estimate of drug-likeness (QED) is 0.540. The van der Waals surface area contributed by atoms with Gasteiger partial charge < -0.3 is 36.2 Å². The normalized spacial score (nSPS) is 18.9. The second-order valence-corrected chi connectivity index (χ2v) is 9.26. The van der Waals surface area contributed by atoms with Crippen LogP contribution in [0.1, 0.15) is 20.8 Å². The first-order chi connectivity index (χ1) is 16.3. The molecule has 0 amide bonds. The molecule has 5 N–H and O–H groups in total. The van der Waals surface area contributed by atoms with Crippen LogP contribution in [-0.4, -0.2) is 83.4 Å². The van der Waals surface area contributed by atoms with Gasteiger partial charge in [0.1, 0.15) is 11.5 Å². The first kappa shape index (κ1) is 24.0. The van der Waals surface area contributed by atoms with Gasteiger partial charge in [-0.3, -0.25) is 0 Å². The predicted molar refractivity (Wildman–Crippen MR) is 135 cm³/mol. The molecule has 2 aromatic rings. The van der Waals surface area contributed by atoms with E-state index in [1.165, 1.54) is 0 Å². The maximum absolute atomic E-state index is 6.78. The number of anilines is 4. The van der Waals surface area contributed by atoms with E-state index < -0.39 is 0 Å². The molecule has 4 rings (SSSR count). The van der Waals surface area contributed by atoms with E-state index in [-0.39, 0.29) is 5.95 Å². The first-order valence-corrected chi connectivity index (χ1v) is 11.9. The summed E-state index contributed by atoms with van der Waals surface area (Å²) in [5.74, 6) is 3.29. The third-order valence-electron chi connectivity index (χ3n) is 5.99. The van der Waals surface area contributed by atoms with E-state index in [0.29, 0.717) is 67.0 Å². The summed E-state index contributed by atoms with van der Waals surface area (Å²) in [4.78, 5) is 24.6. The van der Waals surface area contributed by atoms with Crippen molar-refractivity contribution in [2.75, 3.05) is 73.7 Å². The fraction of sp³-hybridized carbons (Fsp3) is 0.565. The molecule has 2 fully saturated rings. The van der Waals surface area contributed by atoms with Crippen LogP contribution in [-0.2, 0) is 4.74 Å². The molecule has 0 bridgehead atoms. The van der Waals surface area contributed by atoms with Gasteiger partial charge in [-0.15, -0.1) is 0 Å². The number of morpholine rings is 1. The highest BCUT2D eigenvalue weighted by Gasteiger charge is 2.28. The van der Waals surface area contributed by atoms with Crippen LogP contribution in [0.5, 0.6) is 0 Å². The van der Waals surface area contributed by atoms with Gasteiger partial charge in [0.05, 0.1) is 18.8 Å². The van der Waals surface area contributed by atoms with Crippen molar-refractivity contribution in [3.63, 3.8) is 0 Å². The van der Waals surface area contributed by atoms with Crippen molar-refractivity contribution >= 4 is 23.3 Å². The molecule has 34 heavy (non-hydrogen) atoms. The van der Waals surface area contributed by atoms with Gasteiger partial charge in [-0.05, 0) is 12.8 Å². The Labute approximate surface area is 201 Å². The van der Waals surface area contributed by atoms with Crippen LogP contribution < -0.4 is 26.6 Å². The summed E-state index contributed by atoms with van der Waals surface area (Å²) in [6.45, 7) is 17.0. The molecule has 0 radical (unpaired) electrons. The number of hydrogen-bond donors (Lipinski definition) is 3. The number of aromatic nitrogens is 4. The Morgan fingerprint density at radius 3 is 2.56 bits per heavy atom. The first-order valence-electron chi connectivity index (χ1n) is 11.9. The van der Waals surface area contributed by atoms with Gasteiger partial charge in [0.2, 0.25) is 5.95 Å². The van der Waals surface area contributed by atoms with Crippen LogP contribution in [0.4, 0.5) is 23.3 Å². The van der Waals surface area contributed by atoms with Gasteiger partial charge in [0.25, 0.3) is 0 Å². The van der Waals surface area contributed by atoms with Gasteiger partial charge in [0.15, 0.2) is 17.5 Å². The highest BCUT2D eigenvalue weighted by Crippen LogP contribution is 2.35. The Morgan fingerprint density at radius 1 is 1.21 bits per heavy atom. The molecule has 184 valence electrons. The topological polar surface area (TPSA) is 135 Å². The Morgan fingerprint density at radius 2 is 1.91 bits per heavy atom. The molecule has 0 aromatic carbocycles. The van der Waals surface area contributed by atoms with Crippen molar-refractivity contribution in [2.24, 2.45) is 5.92 Å². The molecule has 0 saturated carbocycles. The van der Waals surface area contributed by atoms with Crippen molar-refractivity contribution in [1.29, 1.82) is 0 Å². The Balaban J connectivity index is 1.80. The molecule has 2 aliphatic heterocycles. The minimum absolute atomic E-state index is 0.204. The molecule has 0 unspecified atom stereocenters. The Hall–Kier alpha value is -3.18. The number of piperazine rings is 1. The van der Waals surface area contributed by atoms with E-state index in [2.05, 4.69) is 57.3 Å². The zero-order valence-electron chi connectivity index (χ0n) is 20.4. The van der Waals surface area contributed by atoms with Crippen LogP contribution in [0, 0.1) is 5.92 Å². The Kier molecular flexibility index (Phi) is 7.32. The van der Waals surface area contributed by atoms with Crippen LogP contribution in [0.15, 0.2) is 24.8 Å². The van der Waals surface area contributed by atoms with Crippen molar-refractivity contribution in [1.82, 2.24) is 30.2 Å². The van der Waals surface area contributed by atoms with Crippen molar-refractivity contribution in [3.05, 3.63) is 24.8 Å². The highest BCUT2D eigenvalue weighted by atomic mass is 16.5. The van der Waals surface area contributed by atoms with Crippen LogP contribution in [0.3, 0.4) is 0 Å². The van der Waals surface area contributed by atoms with Crippen LogP contribution >= 0.6 is 0 Å². The average molecular weight is 469 g/mol. The summed E-state index contributed by atoms with van der Waals surface area (Å²) in [5.41, 5.74) is 13.7. The SMILES string of the molecule is C=C(N1CCN[C@H](C)C1)N(CC(C)C)c1nc(-c2cnc(N)nc2)nc(N2CCOCC2)c1N.